The van der Waals surface area contributed by atoms with Crippen molar-refractivity contribution in [2.75, 3.05) is 5.32 Å². The van der Waals surface area contributed by atoms with Gasteiger partial charge in [-0.05, 0) is 25.1 Å². The van der Waals surface area contributed by atoms with Crippen molar-refractivity contribution in [2.24, 2.45) is 7.05 Å². The number of aromatic nitrogens is 3. The second kappa shape index (κ2) is 6.62. The molecule has 3 rings (SSSR count). The predicted molar refractivity (Wildman–Crippen MR) is 90.6 cm³/mol. The molecule has 2 heterocycles. The number of nitrogens with one attached hydrogen (secondary N) is 1. The van der Waals surface area contributed by atoms with Crippen LogP contribution < -0.4 is 5.32 Å². The van der Waals surface area contributed by atoms with Gasteiger partial charge in [-0.3, -0.25) is 14.5 Å². The number of benzene rings is 1. The third-order valence-electron chi connectivity index (χ3n) is 3.68. The lowest BCUT2D eigenvalue weighted by Gasteiger charge is -2.11. The maximum absolute atomic E-state index is 13.1. The quantitative estimate of drug-likeness (QED) is 0.766. The normalized spacial score (nSPS) is 11.4. The molecule has 0 bridgehead atoms. The van der Waals surface area contributed by atoms with Crippen molar-refractivity contribution in [3.63, 3.8) is 0 Å². The van der Waals surface area contributed by atoms with Crippen LogP contribution in [0.3, 0.4) is 0 Å². The summed E-state index contributed by atoms with van der Waals surface area (Å²) in [4.78, 5) is 16.9. The molecule has 5 nitrogen and oxygen atoms in total. The van der Waals surface area contributed by atoms with E-state index in [1.165, 1.54) is 7.05 Å². The Morgan fingerprint density at radius 3 is 2.54 bits per heavy atom. The van der Waals surface area contributed by atoms with E-state index >= 15 is 0 Å². The van der Waals surface area contributed by atoms with Gasteiger partial charge in [0.15, 0.2) is 5.69 Å². The summed E-state index contributed by atoms with van der Waals surface area (Å²) in [5.74, 6) is -0.884. The van der Waals surface area contributed by atoms with Gasteiger partial charge < -0.3 is 5.32 Å². The van der Waals surface area contributed by atoms with E-state index in [1.54, 1.807) is 30.3 Å². The maximum atomic E-state index is 13.1. The van der Waals surface area contributed by atoms with Gasteiger partial charge in [0.05, 0.1) is 16.9 Å². The number of carbonyl (C=O) groups is 1. The summed E-state index contributed by atoms with van der Waals surface area (Å²) in [6.07, 6.45) is -3.67. The fourth-order valence-electron chi connectivity index (χ4n) is 2.56. The van der Waals surface area contributed by atoms with Crippen LogP contribution in [-0.4, -0.2) is 20.7 Å². The molecule has 1 amide bonds. The monoisotopic (exact) mass is 360 g/mol. The molecular weight excluding hydrogens is 345 g/mol. The van der Waals surface area contributed by atoms with Gasteiger partial charge in [-0.2, -0.15) is 18.3 Å². The topological polar surface area (TPSA) is 59.8 Å². The molecule has 0 radical (unpaired) electrons. The van der Waals surface area contributed by atoms with Crippen LogP contribution in [0.2, 0.25) is 0 Å². The van der Waals surface area contributed by atoms with Gasteiger partial charge in [-0.25, -0.2) is 0 Å². The van der Waals surface area contributed by atoms with E-state index in [4.69, 9.17) is 0 Å². The highest BCUT2D eigenvalue weighted by atomic mass is 19.4. The second-order valence-corrected chi connectivity index (χ2v) is 5.73. The third kappa shape index (κ3) is 3.58. The van der Waals surface area contributed by atoms with Crippen molar-refractivity contribution in [3.05, 3.63) is 65.6 Å². The summed E-state index contributed by atoms with van der Waals surface area (Å²) < 4.78 is 40.2. The summed E-state index contributed by atoms with van der Waals surface area (Å²) in [7, 11) is 1.33. The molecule has 1 aromatic carbocycles. The Morgan fingerprint density at radius 1 is 1.12 bits per heavy atom. The minimum absolute atomic E-state index is 0.368. The first kappa shape index (κ1) is 17.7. The number of hydrogen-bond acceptors (Lipinski definition) is 3. The van der Waals surface area contributed by atoms with Gasteiger partial charge in [0.25, 0.3) is 5.91 Å². The third-order valence-corrected chi connectivity index (χ3v) is 3.68. The van der Waals surface area contributed by atoms with Crippen molar-refractivity contribution >= 4 is 11.6 Å². The molecule has 134 valence electrons. The first-order chi connectivity index (χ1) is 12.3. The Labute approximate surface area is 147 Å². The minimum Gasteiger partial charge on any atom is -0.321 e. The zero-order valence-corrected chi connectivity index (χ0v) is 14.0. The lowest BCUT2D eigenvalue weighted by atomic mass is 10.1. The van der Waals surface area contributed by atoms with Crippen LogP contribution >= 0.6 is 0 Å². The van der Waals surface area contributed by atoms with E-state index in [0.29, 0.717) is 16.9 Å². The molecule has 8 heteroatoms. The SMILES string of the molecule is Cc1cccc(-c2ccccc2NC(=O)c2cn(C)nc2C(F)(F)F)n1. The highest BCUT2D eigenvalue weighted by Gasteiger charge is 2.39. The molecule has 0 fully saturated rings. The van der Waals surface area contributed by atoms with Crippen molar-refractivity contribution in [3.8, 4) is 11.3 Å². The first-order valence-electron chi connectivity index (χ1n) is 7.71. The lowest BCUT2D eigenvalue weighted by Crippen LogP contribution is -2.18. The molecule has 0 atom stereocenters. The van der Waals surface area contributed by atoms with E-state index in [9.17, 15) is 18.0 Å². The number of alkyl halides is 3. The molecule has 0 aliphatic heterocycles. The molecule has 0 aliphatic carbocycles. The number of halogens is 3. The Hall–Kier alpha value is -3.16. The van der Waals surface area contributed by atoms with Gasteiger partial charge >= 0.3 is 6.18 Å². The number of rotatable bonds is 3. The van der Waals surface area contributed by atoms with Crippen molar-refractivity contribution in [1.29, 1.82) is 0 Å². The number of aryl methyl sites for hydroxylation is 2. The Kier molecular flexibility index (Phi) is 4.50. The summed E-state index contributed by atoms with van der Waals surface area (Å²) in [5.41, 5.74) is 0.628. The molecule has 0 unspecified atom stereocenters. The van der Waals surface area contributed by atoms with Crippen LogP contribution in [0.1, 0.15) is 21.7 Å². The first-order valence-corrected chi connectivity index (χ1v) is 7.71. The van der Waals surface area contributed by atoms with Crippen LogP contribution in [0.4, 0.5) is 18.9 Å². The van der Waals surface area contributed by atoms with Crippen molar-refractivity contribution in [1.82, 2.24) is 14.8 Å². The number of para-hydroxylation sites is 1. The average Bonchev–Trinajstić information content (AvgIpc) is 2.98. The molecule has 3 aromatic rings. The zero-order valence-electron chi connectivity index (χ0n) is 14.0. The van der Waals surface area contributed by atoms with Crippen LogP contribution in [0.15, 0.2) is 48.7 Å². The van der Waals surface area contributed by atoms with Crippen LogP contribution in [0.5, 0.6) is 0 Å². The van der Waals surface area contributed by atoms with E-state index in [-0.39, 0.29) is 0 Å². The van der Waals surface area contributed by atoms with Gasteiger partial charge in [0, 0.05) is 24.5 Å². The second-order valence-electron chi connectivity index (χ2n) is 5.73. The minimum atomic E-state index is -4.72. The number of amides is 1. The molecule has 0 saturated carbocycles. The number of pyridine rings is 1. The number of nitrogens with zero attached hydrogens (tertiary/aromatic N) is 3. The molecule has 0 aliphatic rings. The molecular formula is C18H15F3N4O. The van der Waals surface area contributed by atoms with E-state index in [2.05, 4.69) is 15.4 Å². The summed E-state index contributed by atoms with van der Waals surface area (Å²) in [6, 6.07) is 12.2. The Balaban J connectivity index is 1.97. The van der Waals surface area contributed by atoms with Gasteiger partial charge in [0.1, 0.15) is 0 Å². The largest absolute Gasteiger partial charge is 0.435 e. The van der Waals surface area contributed by atoms with Crippen LogP contribution in [0.25, 0.3) is 11.3 Å². The van der Waals surface area contributed by atoms with Gasteiger partial charge in [0.2, 0.25) is 0 Å². The highest BCUT2D eigenvalue weighted by Crippen LogP contribution is 2.32. The molecule has 26 heavy (non-hydrogen) atoms. The zero-order chi connectivity index (χ0) is 18.9. The smallest absolute Gasteiger partial charge is 0.321 e. The fraction of sp³-hybridized carbons (Fsp3) is 0.167. The van der Waals surface area contributed by atoms with Crippen molar-refractivity contribution in [2.45, 2.75) is 13.1 Å². The highest BCUT2D eigenvalue weighted by molar-refractivity contribution is 6.06. The van der Waals surface area contributed by atoms with E-state index < -0.39 is 23.3 Å². The number of carbonyl (C=O) groups excluding carboxylic acids is 1. The standard InChI is InChI=1S/C18H15F3N4O/c1-11-6-5-9-14(22-11)12-7-3-4-8-15(12)23-17(26)13-10-25(2)24-16(13)18(19,20)21/h3-10H,1-2H3,(H,23,26). The van der Waals surface area contributed by atoms with Crippen molar-refractivity contribution < 1.29 is 18.0 Å². The van der Waals surface area contributed by atoms with Gasteiger partial charge in [-0.15, -0.1) is 0 Å². The molecule has 0 spiro atoms. The van der Waals surface area contributed by atoms with Crippen LogP contribution in [0, 0.1) is 6.92 Å². The van der Waals surface area contributed by atoms with E-state index in [0.717, 1.165) is 16.6 Å². The average molecular weight is 360 g/mol. The number of anilines is 1. The summed E-state index contributed by atoms with van der Waals surface area (Å²) in [5, 5.41) is 5.89. The molecule has 0 saturated heterocycles. The van der Waals surface area contributed by atoms with Gasteiger partial charge in [-0.1, -0.05) is 24.3 Å². The molecule has 1 N–H and O–H groups in total. The van der Waals surface area contributed by atoms with E-state index in [1.807, 2.05) is 19.1 Å². The number of hydrogen-bond donors (Lipinski definition) is 1. The molecule has 2 aromatic heterocycles. The van der Waals surface area contributed by atoms with Crippen LogP contribution in [-0.2, 0) is 13.2 Å². The fourth-order valence-corrected chi connectivity index (χ4v) is 2.56. The Bertz CT molecular complexity index is 963. The summed E-state index contributed by atoms with van der Waals surface area (Å²) in [6.45, 7) is 1.83. The lowest BCUT2D eigenvalue weighted by molar-refractivity contribution is -0.141. The Morgan fingerprint density at radius 2 is 1.85 bits per heavy atom. The summed E-state index contributed by atoms with van der Waals surface area (Å²) >= 11 is 0. The predicted octanol–water partition coefficient (Wildman–Crippen LogP) is 4.06. The maximum Gasteiger partial charge on any atom is 0.435 e.